The maximum absolute atomic E-state index is 4.36. The summed E-state index contributed by atoms with van der Waals surface area (Å²) in [6.45, 7) is 3.58. The molecule has 0 aliphatic heterocycles. The van der Waals surface area contributed by atoms with Crippen molar-refractivity contribution in [1.82, 2.24) is 20.3 Å². The summed E-state index contributed by atoms with van der Waals surface area (Å²) in [7, 11) is 1.92. The number of likely N-dealkylation sites (N-methyl/N-ethyl adjacent to an activating group) is 1. The molecule has 19 heavy (non-hydrogen) atoms. The first-order valence-electron chi connectivity index (χ1n) is 6.19. The number of nitrogens with zero attached hydrogens (tertiary/aromatic N) is 3. The quantitative estimate of drug-likeness (QED) is 0.683. The van der Waals surface area contributed by atoms with Gasteiger partial charge in [0.15, 0.2) is 0 Å². The monoisotopic (exact) mass is 258 g/mol. The van der Waals surface area contributed by atoms with Crippen molar-refractivity contribution >= 4 is 17.3 Å². The third kappa shape index (κ3) is 4.18. The molecule has 0 spiro atoms. The Balaban J connectivity index is 2.08. The molecule has 2 aromatic rings. The second kappa shape index (κ2) is 6.65. The van der Waals surface area contributed by atoms with E-state index in [0.29, 0.717) is 0 Å². The predicted octanol–water partition coefficient (Wildman–Crippen LogP) is 1.55. The minimum absolute atomic E-state index is 0.728. The minimum atomic E-state index is 0.728. The molecule has 2 aromatic heterocycles. The summed E-state index contributed by atoms with van der Waals surface area (Å²) in [6.07, 6.45) is 3.48. The van der Waals surface area contributed by atoms with Gasteiger partial charge in [-0.05, 0) is 26.1 Å². The minimum Gasteiger partial charge on any atom is -0.369 e. The standard InChI is InChI=1S/C13H18N6/c1-10-17-12(16-8-7-14-2)9-13(18-10)19-11-3-5-15-6-4-11/h3-6,9,14H,7-8H2,1-2H3,(H2,15,16,17,18,19). The van der Waals surface area contributed by atoms with Crippen LogP contribution in [0.15, 0.2) is 30.6 Å². The highest BCUT2D eigenvalue weighted by atomic mass is 15.1. The van der Waals surface area contributed by atoms with Crippen molar-refractivity contribution in [2.75, 3.05) is 30.8 Å². The lowest BCUT2D eigenvalue weighted by molar-refractivity contribution is 0.820. The van der Waals surface area contributed by atoms with Crippen LogP contribution in [-0.4, -0.2) is 35.1 Å². The number of hydrogen-bond acceptors (Lipinski definition) is 6. The van der Waals surface area contributed by atoms with Gasteiger partial charge in [-0.1, -0.05) is 0 Å². The van der Waals surface area contributed by atoms with Gasteiger partial charge in [0.05, 0.1) is 0 Å². The van der Waals surface area contributed by atoms with Gasteiger partial charge in [0.25, 0.3) is 0 Å². The summed E-state index contributed by atoms with van der Waals surface area (Å²) < 4.78 is 0. The molecule has 0 saturated heterocycles. The normalized spacial score (nSPS) is 10.2. The first-order chi connectivity index (χ1) is 9.28. The van der Waals surface area contributed by atoms with Crippen molar-refractivity contribution < 1.29 is 0 Å². The van der Waals surface area contributed by atoms with Gasteiger partial charge in [0.2, 0.25) is 0 Å². The summed E-state index contributed by atoms with van der Waals surface area (Å²) in [5.41, 5.74) is 0.953. The van der Waals surface area contributed by atoms with Crippen LogP contribution in [0.25, 0.3) is 0 Å². The fourth-order valence-electron chi connectivity index (χ4n) is 1.62. The third-order valence-corrected chi connectivity index (χ3v) is 2.47. The zero-order valence-corrected chi connectivity index (χ0v) is 11.1. The Kier molecular flexibility index (Phi) is 4.63. The van der Waals surface area contributed by atoms with E-state index in [1.807, 2.05) is 32.2 Å². The van der Waals surface area contributed by atoms with Crippen molar-refractivity contribution in [3.63, 3.8) is 0 Å². The number of pyridine rings is 1. The Hall–Kier alpha value is -2.21. The molecule has 0 aromatic carbocycles. The number of anilines is 3. The van der Waals surface area contributed by atoms with Crippen molar-refractivity contribution in [3.8, 4) is 0 Å². The van der Waals surface area contributed by atoms with Gasteiger partial charge in [0, 0.05) is 37.2 Å². The van der Waals surface area contributed by atoms with Crippen LogP contribution in [0.2, 0.25) is 0 Å². The predicted molar refractivity (Wildman–Crippen MR) is 76.7 cm³/mol. The van der Waals surface area contributed by atoms with E-state index in [-0.39, 0.29) is 0 Å². The molecule has 2 heterocycles. The molecule has 0 radical (unpaired) electrons. The Morgan fingerprint density at radius 2 is 1.79 bits per heavy atom. The van der Waals surface area contributed by atoms with Gasteiger partial charge in [-0.25, -0.2) is 9.97 Å². The maximum atomic E-state index is 4.36. The molecular formula is C13H18N6. The maximum Gasteiger partial charge on any atom is 0.136 e. The topological polar surface area (TPSA) is 74.8 Å². The van der Waals surface area contributed by atoms with Crippen LogP contribution in [0.5, 0.6) is 0 Å². The molecule has 0 saturated carbocycles. The van der Waals surface area contributed by atoms with Crippen molar-refractivity contribution in [2.24, 2.45) is 0 Å². The number of hydrogen-bond donors (Lipinski definition) is 3. The zero-order chi connectivity index (χ0) is 13.5. The summed E-state index contributed by atoms with van der Waals surface area (Å²) in [6, 6.07) is 5.68. The SMILES string of the molecule is CNCCNc1cc(Nc2ccncc2)nc(C)n1. The Bertz CT molecular complexity index is 514. The lowest BCUT2D eigenvalue weighted by atomic mass is 10.4. The van der Waals surface area contributed by atoms with E-state index < -0.39 is 0 Å². The van der Waals surface area contributed by atoms with Crippen molar-refractivity contribution in [3.05, 3.63) is 36.4 Å². The molecule has 0 aliphatic carbocycles. The largest absolute Gasteiger partial charge is 0.369 e. The fraction of sp³-hybridized carbons (Fsp3) is 0.308. The molecule has 0 bridgehead atoms. The van der Waals surface area contributed by atoms with Crippen LogP contribution >= 0.6 is 0 Å². The first kappa shape index (κ1) is 13.2. The highest BCUT2D eigenvalue weighted by Crippen LogP contribution is 2.16. The van der Waals surface area contributed by atoms with Crippen LogP contribution in [0.4, 0.5) is 17.3 Å². The Morgan fingerprint density at radius 3 is 2.53 bits per heavy atom. The summed E-state index contributed by atoms with van der Waals surface area (Å²) >= 11 is 0. The van der Waals surface area contributed by atoms with Crippen LogP contribution in [-0.2, 0) is 0 Å². The van der Waals surface area contributed by atoms with Crippen LogP contribution in [0, 0.1) is 6.92 Å². The number of aromatic nitrogens is 3. The average Bonchev–Trinajstić information content (AvgIpc) is 2.39. The smallest absolute Gasteiger partial charge is 0.136 e. The van der Waals surface area contributed by atoms with Gasteiger partial charge in [-0.15, -0.1) is 0 Å². The van der Waals surface area contributed by atoms with E-state index in [1.165, 1.54) is 0 Å². The second-order valence-electron chi connectivity index (χ2n) is 4.08. The van der Waals surface area contributed by atoms with Crippen molar-refractivity contribution in [2.45, 2.75) is 6.92 Å². The van der Waals surface area contributed by atoms with Crippen LogP contribution in [0.3, 0.4) is 0 Å². The van der Waals surface area contributed by atoms with Crippen LogP contribution < -0.4 is 16.0 Å². The molecule has 2 rings (SSSR count). The van der Waals surface area contributed by atoms with E-state index in [0.717, 1.165) is 36.2 Å². The molecule has 0 atom stereocenters. The van der Waals surface area contributed by atoms with E-state index in [2.05, 4.69) is 30.9 Å². The van der Waals surface area contributed by atoms with E-state index in [9.17, 15) is 0 Å². The number of nitrogens with one attached hydrogen (secondary N) is 3. The van der Waals surface area contributed by atoms with Gasteiger partial charge >= 0.3 is 0 Å². The average molecular weight is 258 g/mol. The molecule has 0 unspecified atom stereocenters. The third-order valence-electron chi connectivity index (χ3n) is 2.47. The first-order valence-corrected chi connectivity index (χ1v) is 6.19. The highest BCUT2D eigenvalue weighted by Gasteiger charge is 2.02. The van der Waals surface area contributed by atoms with Gasteiger partial charge < -0.3 is 16.0 Å². The molecule has 100 valence electrons. The van der Waals surface area contributed by atoms with E-state index >= 15 is 0 Å². The second-order valence-corrected chi connectivity index (χ2v) is 4.08. The van der Waals surface area contributed by atoms with Gasteiger partial charge in [-0.2, -0.15) is 0 Å². The van der Waals surface area contributed by atoms with Gasteiger partial charge in [-0.3, -0.25) is 4.98 Å². The summed E-state index contributed by atoms with van der Waals surface area (Å²) in [5.74, 6) is 2.32. The lowest BCUT2D eigenvalue weighted by Crippen LogP contribution is -2.18. The lowest BCUT2D eigenvalue weighted by Gasteiger charge is -2.09. The molecule has 6 heteroatoms. The van der Waals surface area contributed by atoms with Gasteiger partial charge in [0.1, 0.15) is 17.5 Å². The molecular weight excluding hydrogens is 240 g/mol. The van der Waals surface area contributed by atoms with Crippen LogP contribution in [0.1, 0.15) is 5.82 Å². The number of aryl methyl sites for hydroxylation is 1. The molecule has 6 nitrogen and oxygen atoms in total. The molecule has 0 amide bonds. The summed E-state index contributed by atoms with van der Waals surface area (Å²) in [5, 5.41) is 9.55. The molecule has 0 aliphatic rings. The Morgan fingerprint density at radius 1 is 1.05 bits per heavy atom. The Labute approximate surface area is 112 Å². The van der Waals surface area contributed by atoms with E-state index in [4.69, 9.17) is 0 Å². The van der Waals surface area contributed by atoms with Crippen molar-refractivity contribution in [1.29, 1.82) is 0 Å². The highest BCUT2D eigenvalue weighted by molar-refractivity contribution is 5.58. The fourth-order valence-corrected chi connectivity index (χ4v) is 1.62. The molecule has 0 fully saturated rings. The zero-order valence-electron chi connectivity index (χ0n) is 11.1. The summed E-state index contributed by atoms with van der Waals surface area (Å²) in [4.78, 5) is 12.7. The number of rotatable bonds is 6. The molecule has 3 N–H and O–H groups in total. The van der Waals surface area contributed by atoms with E-state index in [1.54, 1.807) is 12.4 Å².